The number of anilines is 1. The summed E-state index contributed by atoms with van der Waals surface area (Å²) in [6, 6.07) is 18.7. The molecule has 2 amide bonds. The van der Waals surface area contributed by atoms with Crippen molar-refractivity contribution in [3.8, 4) is 6.07 Å². The van der Waals surface area contributed by atoms with E-state index in [9.17, 15) is 25.1 Å². The number of hydrogen-bond donors (Lipinski definition) is 3. The average molecular weight is 465 g/mol. The van der Waals surface area contributed by atoms with Crippen molar-refractivity contribution >= 4 is 17.5 Å². The van der Waals surface area contributed by atoms with Gasteiger partial charge >= 0.3 is 0 Å². The monoisotopic (exact) mass is 464 g/mol. The second kappa shape index (κ2) is 11.6. The highest BCUT2D eigenvalue weighted by molar-refractivity contribution is 5.90. The summed E-state index contributed by atoms with van der Waals surface area (Å²) in [5.74, 6) is -1.28. The van der Waals surface area contributed by atoms with Crippen LogP contribution in [0.1, 0.15) is 36.9 Å². The van der Waals surface area contributed by atoms with Crippen LogP contribution in [-0.2, 0) is 9.59 Å². The number of hydrogen-bond acceptors (Lipinski definition) is 6. The van der Waals surface area contributed by atoms with Crippen LogP contribution in [0, 0.1) is 17.2 Å². The topological polar surface area (TPSA) is 117 Å². The summed E-state index contributed by atoms with van der Waals surface area (Å²) >= 11 is 0. The largest absolute Gasteiger partial charge is 0.380 e. The second-order valence-electron chi connectivity index (χ2n) is 8.73. The number of nitrogens with zero attached hydrogens (tertiary/aromatic N) is 3. The summed E-state index contributed by atoms with van der Waals surface area (Å²) in [5.41, 5.74) is 2.44. The molecule has 0 radical (unpaired) electrons. The van der Waals surface area contributed by atoms with Crippen LogP contribution in [0.15, 0.2) is 54.6 Å². The third kappa shape index (κ3) is 5.93. The van der Waals surface area contributed by atoms with E-state index in [4.69, 9.17) is 0 Å². The van der Waals surface area contributed by atoms with Gasteiger partial charge < -0.3 is 25.3 Å². The molecule has 34 heavy (non-hydrogen) atoms. The minimum Gasteiger partial charge on any atom is -0.380 e. The number of carbonyl (C=O) groups is 2. The fourth-order valence-electron chi connectivity index (χ4n) is 4.20. The first-order chi connectivity index (χ1) is 16.3. The maximum absolute atomic E-state index is 12.6. The molecular formula is C26H32N4O4. The number of piperidine rings is 1. The summed E-state index contributed by atoms with van der Waals surface area (Å²) in [7, 11) is 1.53. The SMILES string of the molecule is C[C@H](c1ccccc1)N(C)C(=O)C(O)C(O)C(=O)NCC1CCN(c2ccccc2C#N)CC1. The highest BCUT2D eigenvalue weighted by Crippen LogP contribution is 2.26. The van der Waals surface area contributed by atoms with E-state index < -0.39 is 24.0 Å². The minimum atomic E-state index is -1.85. The Balaban J connectivity index is 1.47. The molecule has 8 heteroatoms. The molecule has 1 saturated heterocycles. The normalized spacial score (nSPS) is 16.7. The molecule has 1 aliphatic heterocycles. The van der Waals surface area contributed by atoms with Crippen LogP contribution in [0.25, 0.3) is 0 Å². The van der Waals surface area contributed by atoms with Crippen molar-refractivity contribution in [1.29, 1.82) is 5.26 Å². The summed E-state index contributed by atoms with van der Waals surface area (Å²) in [6.45, 7) is 3.67. The van der Waals surface area contributed by atoms with Crippen LogP contribution in [0.5, 0.6) is 0 Å². The van der Waals surface area contributed by atoms with E-state index in [1.165, 1.54) is 11.9 Å². The number of aliphatic hydroxyl groups excluding tert-OH is 2. The Hall–Kier alpha value is -3.41. The predicted octanol–water partition coefficient (Wildman–Crippen LogP) is 1.83. The van der Waals surface area contributed by atoms with Gasteiger partial charge in [-0.05, 0) is 43.4 Å². The van der Waals surface area contributed by atoms with Gasteiger partial charge in [0.25, 0.3) is 11.8 Å². The highest BCUT2D eigenvalue weighted by Gasteiger charge is 2.34. The summed E-state index contributed by atoms with van der Waals surface area (Å²) in [4.78, 5) is 28.6. The molecule has 2 aromatic rings. The molecule has 0 spiro atoms. The number of nitriles is 1. The smallest absolute Gasteiger partial charge is 0.254 e. The van der Waals surface area contributed by atoms with Crippen LogP contribution in [0.2, 0.25) is 0 Å². The molecule has 1 aliphatic rings. The Morgan fingerprint density at radius 1 is 1.09 bits per heavy atom. The molecule has 2 unspecified atom stereocenters. The fourth-order valence-corrected chi connectivity index (χ4v) is 4.20. The third-order valence-corrected chi connectivity index (χ3v) is 6.58. The Morgan fingerprint density at radius 2 is 1.71 bits per heavy atom. The van der Waals surface area contributed by atoms with E-state index >= 15 is 0 Å². The third-order valence-electron chi connectivity index (χ3n) is 6.58. The van der Waals surface area contributed by atoms with Crippen molar-refractivity contribution in [2.45, 2.75) is 38.0 Å². The molecule has 3 N–H and O–H groups in total. The van der Waals surface area contributed by atoms with Crippen LogP contribution in [-0.4, -0.2) is 65.8 Å². The number of carbonyl (C=O) groups excluding carboxylic acids is 2. The number of amides is 2. The van der Waals surface area contributed by atoms with Gasteiger partial charge in [-0.3, -0.25) is 9.59 Å². The maximum Gasteiger partial charge on any atom is 0.254 e. The van der Waals surface area contributed by atoms with E-state index in [1.54, 1.807) is 6.07 Å². The van der Waals surface area contributed by atoms with Gasteiger partial charge in [0.15, 0.2) is 12.2 Å². The van der Waals surface area contributed by atoms with Gasteiger partial charge in [-0.1, -0.05) is 42.5 Å². The van der Waals surface area contributed by atoms with E-state index in [1.807, 2.05) is 55.5 Å². The molecule has 3 rings (SSSR count). The summed E-state index contributed by atoms with van der Waals surface area (Å²) in [5, 5.41) is 32.6. The van der Waals surface area contributed by atoms with Crippen molar-refractivity contribution in [1.82, 2.24) is 10.2 Å². The predicted molar refractivity (Wildman–Crippen MR) is 129 cm³/mol. The van der Waals surface area contributed by atoms with E-state index in [2.05, 4.69) is 16.3 Å². The Kier molecular flexibility index (Phi) is 8.63. The lowest BCUT2D eigenvalue weighted by Gasteiger charge is -2.34. The number of rotatable bonds is 8. The van der Waals surface area contributed by atoms with E-state index in [0.29, 0.717) is 12.1 Å². The van der Waals surface area contributed by atoms with Crippen LogP contribution >= 0.6 is 0 Å². The highest BCUT2D eigenvalue weighted by atomic mass is 16.3. The van der Waals surface area contributed by atoms with Gasteiger partial charge in [0.2, 0.25) is 0 Å². The Morgan fingerprint density at radius 3 is 2.35 bits per heavy atom. The lowest BCUT2D eigenvalue weighted by molar-refractivity contribution is -0.153. The Labute approximate surface area is 200 Å². The molecule has 0 aliphatic carbocycles. The average Bonchev–Trinajstić information content (AvgIpc) is 2.90. The standard InChI is InChI=1S/C26H32N4O4/c1-18(20-8-4-3-5-9-20)29(2)26(34)24(32)23(31)25(33)28-17-19-12-14-30(15-13-19)22-11-7-6-10-21(22)16-27/h3-11,18-19,23-24,31-32H,12-15,17H2,1-2H3,(H,28,33)/t18-,23?,24?/m1/s1. The van der Waals surface area contributed by atoms with Crippen molar-refractivity contribution in [2.75, 3.05) is 31.6 Å². The zero-order chi connectivity index (χ0) is 24.7. The first-order valence-corrected chi connectivity index (χ1v) is 11.5. The molecule has 8 nitrogen and oxygen atoms in total. The van der Waals surface area contributed by atoms with Crippen LogP contribution < -0.4 is 10.2 Å². The molecule has 2 aromatic carbocycles. The number of benzene rings is 2. The number of aliphatic hydroxyl groups is 2. The van der Waals surface area contributed by atoms with Crippen LogP contribution in [0.3, 0.4) is 0 Å². The van der Waals surface area contributed by atoms with Gasteiger partial charge in [-0.25, -0.2) is 0 Å². The molecule has 0 saturated carbocycles. The molecule has 0 aromatic heterocycles. The zero-order valence-corrected chi connectivity index (χ0v) is 19.6. The fraction of sp³-hybridized carbons (Fsp3) is 0.423. The lowest BCUT2D eigenvalue weighted by Crippen LogP contribution is -2.51. The van der Waals surface area contributed by atoms with Gasteiger partial charge in [0, 0.05) is 26.7 Å². The van der Waals surface area contributed by atoms with Crippen molar-refractivity contribution in [3.05, 3.63) is 65.7 Å². The molecule has 3 atom stereocenters. The first-order valence-electron chi connectivity index (χ1n) is 11.5. The number of nitrogens with one attached hydrogen (secondary N) is 1. The molecule has 0 bridgehead atoms. The van der Waals surface area contributed by atoms with Gasteiger partial charge in [-0.2, -0.15) is 5.26 Å². The van der Waals surface area contributed by atoms with Gasteiger partial charge in [0.05, 0.1) is 17.3 Å². The quantitative estimate of drug-likeness (QED) is 0.549. The Bertz CT molecular complexity index is 1010. The van der Waals surface area contributed by atoms with Crippen molar-refractivity contribution < 1.29 is 19.8 Å². The first kappa shape index (κ1) is 25.2. The second-order valence-corrected chi connectivity index (χ2v) is 8.73. The number of likely N-dealkylation sites (N-methyl/N-ethyl adjacent to an activating group) is 1. The van der Waals surface area contributed by atoms with E-state index in [-0.39, 0.29) is 12.0 Å². The zero-order valence-electron chi connectivity index (χ0n) is 19.6. The minimum absolute atomic E-state index is 0.204. The number of para-hydroxylation sites is 1. The van der Waals surface area contributed by atoms with Crippen LogP contribution in [0.4, 0.5) is 5.69 Å². The molecule has 1 fully saturated rings. The molecular weight excluding hydrogens is 432 g/mol. The maximum atomic E-state index is 12.6. The summed E-state index contributed by atoms with van der Waals surface area (Å²) < 4.78 is 0. The van der Waals surface area contributed by atoms with Crippen molar-refractivity contribution in [2.24, 2.45) is 5.92 Å². The van der Waals surface area contributed by atoms with Gasteiger partial charge in [-0.15, -0.1) is 0 Å². The summed E-state index contributed by atoms with van der Waals surface area (Å²) in [6.07, 6.45) is -2.06. The molecule has 180 valence electrons. The molecule has 1 heterocycles. The van der Waals surface area contributed by atoms with Gasteiger partial charge in [0.1, 0.15) is 6.07 Å². The lowest BCUT2D eigenvalue weighted by atomic mass is 9.95. The van der Waals surface area contributed by atoms with Crippen molar-refractivity contribution in [3.63, 3.8) is 0 Å². The van der Waals surface area contributed by atoms with E-state index in [0.717, 1.165) is 37.2 Å².